The van der Waals surface area contributed by atoms with Crippen molar-refractivity contribution in [2.75, 3.05) is 11.9 Å². The molecule has 1 aromatic rings. The predicted molar refractivity (Wildman–Crippen MR) is 81.3 cm³/mol. The van der Waals surface area contributed by atoms with Crippen molar-refractivity contribution in [1.82, 2.24) is 4.72 Å². The molecule has 0 spiro atoms. The van der Waals surface area contributed by atoms with E-state index < -0.39 is 10.0 Å². The van der Waals surface area contributed by atoms with Crippen LogP contribution in [0, 0.1) is 5.92 Å². The molecule has 0 aliphatic heterocycles. The van der Waals surface area contributed by atoms with E-state index in [9.17, 15) is 13.2 Å². The van der Waals surface area contributed by atoms with Gasteiger partial charge in [0.1, 0.15) is 0 Å². The summed E-state index contributed by atoms with van der Waals surface area (Å²) in [5, 5.41) is 2.81. The lowest BCUT2D eigenvalue weighted by atomic mass is 10.1. The van der Waals surface area contributed by atoms with Crippen molar-refractivity contribution in [2.45, 2.75) is 37.1 Å². The minimum Gasteiger partial charge on any atom is -0.328 e. The standard InChI is InChI=1S/C14H21N3O3S/c1-2-16-21(19,20)13-7-5-12(6-8-13)17-14(18)10-3-4-11(15)9-10/h5-8,10-11,16H,2-4,9,15H2,1H3,(H,17,18). The van der Waals surface area contributed by atoms with Crippen LogP contribution in [0.4, 0.5) is 5.69 Å². The molecule has 0 saturated heterocycles. The van der Waals surface area contributed by atoms with Gasteiger partial charge in [0, 0.05) is 24.2 Å². The predicted octanol–water partition coefficient (Wildman–Crippen LogP) is 1.05. The first-order valence-electron chi connectivity index (χ1n) is 7.08. The summed E-state index contributed by atoms with van der Waals surface area (Å²) in [6.45, 7) is 2.06. The van der Waals surface area contributed by atoms with Crippen molar-refractivity contribution in [3.05, 3.63) is 24.3 Å². The summed E-state index contributed by atoms with van der Waals surface area (Å²) in [7, 11) is -3.46. The van der Waals surface area contributed by atoms with Crippen molar-refractivity contribution < 1.29 is 13.2 Å². The van der Waals surface area contributed by atoms with E-state index in [1.807, 2.05) is 0 Å². The summed E-state index contributed by atoms with van der Waals surface area (Å²) in [6, 6.07) is 6.25. The minimum atomic E-state index is -3.46. The van der Waals surface area contributed by atoms with Gasteiger partial charge in [-0.25, -0.2) is 13.1 Å². The minimum absolute atomic E-state index is 0.0507. The van der Waals surface area contributed by atoms with Crippen molar-refractivity contribution in [2.24, 2.45) is 11.7 Å². The second-order valence-electron chi connectivity index (χ2n) is 5.29. The number of benzene rings is 1. The van der Waals surface area contributed by atoms with Crippen LogP contribution < -0.4 is 15.8 Å². The average Bonchev–Trinajstić information content (AvgIpc) is 2.86. The zero-order chi connectivity index (χ0) is 15.5. The molecule has 7 heteroatoms. The summed E-state index contributed by atoms with van der Waals surface area (Å²) in [5.41, 5.74) is 6.39. The molecule has 1 aromatic carbocycles. The molecule has 1 saturated carbocycles. The van der Waals surface area contributed by atoms with Gasteiger partial charge < -0.3 is 11.1 Å². The number of anilines is 1. The largest absolute Gasteiger partial charge is 0.328 e. The maximum absolute atomic E-state index is 12.0. The molecule has 0 heterocycles. The zero-order valence-electron chi connectivity index (χ0n) is 12.0. The quantitative estimate of drug-likeness (QED) is 0.756. The van der Waals surface area contributed by atoms with E-state index in [4.69, 9.17) is 5.73 Å². The third-order valence-corrected chi connectivity index (χ3v) is 5.17. The second kappa shape index (κ2) is 6.55. The van der Waals surface area contributed by atoms with Gasteiger partial charge in [-0.15, -0.1) is 0 Å². The monoisotopic (exact) mass is 311 g/mol. The maximum Gasteiger partial charge on any atom is 0.240 e. The number of nitrogens with one attached hydrogen (secondary N) is 2. The van der Waals surface area contributed by atoms with E-state index in [1.165, 1.54) is 12.1 Å². The molecule has 116 valence electrons. The van der Waals surface area contributed by atoms with Gasteiger partial charge in [-0.3, -0.25) is 4.79 Å². The Bertz CT molecular complexity index is 598. The number of hydrogen-bond donors (Lipinski definition) is 3. The Morgan fingerprint density at radius 3 is 2.48 bits per heavy atom. The summed E-state index contributed by atoms with van der Waals surface area (Å²) in [6.07, 6.45) is 2.39. The fourth-order valence-corrected chi connectivity index (χ4v) is 3.53. The van der Waals surface area contributed by atoms with Crippen LogP contribution in [0.3, 0.4) is 0 Å². The summed E-state index contributed by atoms with van der Waals surface area (Å²) >= 11 is 0. The molecule has 0 radical (unpaired) electrons. The molecule has 2 unspecified atom stereocenters. The molecule has 21 heavy (non-hydrogen) atoms. The van der Waals surface area contributed by atoms with Crippen LogP contribution >= 0.6 is 0 Å². The van der Waals surface area contributed by atoms with Crippen molar-refractivity contribution in [3.63, 3.8) is 0 Å². The molecule has 6 nitrogen and oxygen atoms in total. The van der Waals surface area contributed by atoms with E-state index in [-0.39, 0.29) is 22.8 Å². The van der Waals surface area contributed by atoms with Crippen LogP contribution in [0.1, 0.15) is 26.2 Å². The van der Waals surface area contributed by atoms with Crippen molar-refractivity contribution in [3.8, 4) is 0 Å². The summed E-state index contributed by atoms with van der Waals surface area (Å²) in [4.78, 5) is 12.2. The molecule has 1 fully saturated rings. The van der Waals surface area contributed by atoms with Gasteiger partial charge in [-0.05, 0) is 43.5 Å². The zero-order valence-corrected chi connectivity index (χ0v) is 12.8. The number of nitrogens with two attached hydrogens (primary N) is 1. The van der Waals surface area contributed by atoms with Gasteiger partial charge in [0.25, 0.3) is 0 Å². The van der Waals surface area contributed by atoms with Gasteiger partial charge in [-0.1, -0.05) is 6.92 Å². The van der Waals surface area contributed by atoms with Crippen molar-refractivity contribution >= 4 is 21.6 Å². The highest BCUT2D eigenvalue weighted by Gasteiger charge is 2.27. The number of carbonyl (C=O) groups excluding carboxylic acids is 1. The Labute approximate surface area is 125 Å². The molecular weight excluding hydrogens is 290 g/mol. The van der Waals surface area contributed by atoms with Crippen LogP contribution in [0.15, 0.2) is 29.2 Å². The molecule has 4 N–H and O–H groups in total. The molecule has 1 aliphatic carbocycles. The third-order valence-electron chi connectivity index (χ3n) is 3.61. The fourth-order valence-electron chi connectivity index (χ4n) is 2.49. The topological polar surface area (TPSA) is 101 Å². The van der Waals surface area contributed by atoms with Gasteiger partial charge in [0.2, 0.25) is 15.9 Å². The third kappa shape index (κ3) is 4.03. The van der Waals surface area contributed by atoms with Crippen LogP contribution in [0.5, 0.6) is 0 Å². The van der Waals surface area contributed by atoms with Gasteiger partial charge >= 0.3 is 0 Å². The fraction of sp³-hybridized carbons (Fsp3) is 0.500. The summed E-state index contributed by atoms with van der Waals surface area (Å²) < 4.78 is 26.0. The van der Waals surface area contributed by atoms with Gasteiger partial charge in [0.05, 0.1) is 4.90 Å². The Hall–Kier alpha value is -1.44. The normalized spacial score (nSPS) is 22.2. The summed E-state index contributed by atoms with van der Waals surface area (Å²) in [5.74, 6) is -0.101. The molecule has 0 aromatic heterocycles. The lowest BCUT2D eigenvalue weighted by molar-refractivity contribution is -0.119. The number of carbonyl (C=O) groups is 1. The van der Waals surface area contributed by atoms with Crippen molar-refractivity contribution in [1.29, 1.82) is 0 Å². The SMILES string of the molecule is CCNS(=O)(=O)c1ccc(NC(=O)C2CCC(N)C2)cc1. The number of rotatable bonds is 5. The first-order chi connectivity index (χ1) is 9.92. The maximum atomic E-state index is 12.0. The lowest BCUT2D eigenvalue weighted by Crippen LogP contribution is -2.24. The van der Waals surface area contributed by atoms with E-state index in [1.54, 1.807) is 19.1 Å². The number of hydrogen-bond acceptors (Lipinski definition) is 4. The van der Waals surface area contributed by atoms with Crippen LogP contribution in [0.2, 0.25) is 0 Å². The molecule has 0 bridgehead atoms. The van der Waals surface area contributed by atoms with Gasteiger partial charge in [-0.2, -0.15) is 0 Å². The van der Waals surface area contributed by atoms with E-state index in [2.05, 4.69) is 10.0 Å². The smallest absolute Gasteiger partial charge is 0.240 e. The molecule has 2 rings (SSSR count). The van der Waals surface area contributed by atoms with Crippen LogP contribution in [-0.2, 0) is 14.8 Å². The van der Waals surface area contributed by atoms with E-state index in [0.717, 1.165) is 12.8 Å². The first-order valence-corrected chi connectivity index (χ1v) is 8.57. The highest BCUT2D eigenvalue weighted by molar-refractivity contribution is 7.89. The number of amides is 1. The number of sulfonamides is 1. The highest BCUT2D eigenvalue weighted by atomic mass is 32.2. The van der Waals surface area contributed by atoms with Crippen LogP contribution in [0.25, 0.3) is 0 Å². The lowest BCUT2D eigenvalue weighted by Gasteiger charge is -2.11. The Kier molecular flexibility index (Phi) is 4.97. The first kappa shape index (κ1) is 15.9. The van der Waals surface area contributed by atoms with E-state index in [0.29, 0.717) is 18.7 Å². The second-order valence-corrected chi connectivity index (χ2v) is 7.05. The molecule has 1 amide bonds. The Morgan fingerprint density at radius 2 is 1.95 bits per heavy atom. The molecule has 1 aliphatic rings. The molecule has 2 atom stereocenters. The highest BCUT2D eigenvalue weighted by Crippen LogP contribution is 2.25. The Balaban J connectivity index is 2.01. The van der Waals surface area contributed by atoms with E-state index >= 15 is 0 Å². The average molecular weight is 311 g/mol. The van der Waals surface area contributed by atoms with Crippen LogP contribution in [-0.4, -0.2) is 26.9 Å². The van der Waals surface area contributed by atoms with Gasteiger partial charge in [0.15, 0.2) is 0 Å². The Morgan fingerprint density at radius 1 is 1.29 bits per heavy atom. The molecular formula is C14H21N3O3S.